The molecule has 23 heavy (non-hydrogen) atoms. The predicted molar refractivity (Wildman–Crippen MR) is 93.6 cm³/mol. The van der Waals surface area contributed by atoms with Crippen molar-refractivity contribution in [2.45, 2.75) is 19.9 Å². The topological polar surface area (TPSA) is 50.8 Å². The van der Waals surface area contributed by atoms with Gasteiger partial charge in [-0.3, -0.25) is 0 Å². The first-order valence-electron chi connectivity index (χ1n) is 7.48. The quantitative estimate of drug-likeness (QED) is 0.825. The zero-order valence-electron chi connectivity index (χ0n) is 13.7. The number of carbonyl (C=O) groups excluding carboxylic acids is 1. The number of thiophene rings is 1. The molecule has 1 N–H and O–H groups in total. The number of hydrogen-bond donors (Lipinski definition) is 1. The van der Waals surface area contributed by atoms with Crippen LogP contribution in [0, 0.1) is 0 Å². The second-order valence-corrected chi connectivity index (χ2v) is 6.03. The third-order valence-electron chi connectivity index (χ3n) is 3.36. The maximum Gasteiger partial charge on any atom is 0.322 e. The van der Waals surface area contributed by atoms with Gasteiger partial charge in [-0.1, -0.05) is 13.0 Å². The van der Waals surface area contributed by atoms with E-state index in [1.54, 1.807) is 48.7 Å². The summed E-state index contributed by atoms with van der Waals surface area (Å²) in [5.41, 5.74) is 0.630. The van der Waals surface area contributed by atoms with Gasteiger partial charge >= 0.3 is 6.03 Å². The first kappa shape index (κ1) is 17.1. The molecule has 0 unspecified atom stereocenters. The average Bonchev–Trinajstić information content (AvgIpc) is 3.07. The SMILES string of the molecule is CCCN(Cc1cccs1)C(=O)Nc1ccc(OC)cc1OC. The van der Waals surface area contributed by atoms with Crippen molar-refractivity contribution in [2.24, 2.45) is 0 Å². The summed E-state index contributed by atoms with van der Waals surface area (Å²) in [5, 5.41) is 4.94. The molecule has 0 aliphatic heterocycles. The van der Waals surface area contributed by atoms with E-state index in [1.807, 2.05) is 17.5 Å². The highest BCUT2D eigenvalue weighted by atomic mass is 32.1. The Balaban J connectivity index is 2.11. The first-order valence-corrected chi connectivity index (χ1v) is 8.36. The zero-order valence-corrected chi connectivity index (χ0v) is 14.5. The molecule has 124 valence electrons. The van der Waals surface area contributed by atoms with Crippen molar-refractivity contribution >= 4 is 23.1 Å². The molecule has 0 bridgehead atoms. The number of rotatable bonds is 7. The Morgan fingerprint density at radius 2 is 2.09 bits per heavy atom. The molecule has 1 heterocycles. The van der Waals surface area contributed by atoms with E-state index in [0.29, 0.717) is 30.3 Å². The highest BCUT2D eigenvalue weighted by Gasteiger charge is 2.16. The van der Waals surface area contributed by atoms with Crippen molar-refractivity contribution in [3.8, 4) is 11.5 Å². The van der Waals surface area contributed by atoms with E-state index in [1.165, 1.54) is 0 Å². The molecular weight excluding hydrogens is 312 g/mol. The maximum atomic E-state index is 12.6. The number of urea groups is 1. The number of carbonyl (C=O) groups is 1. The van der Waals surface area contributed by atoms with Gasteiger partial charge in [0, 0.05) is 17.5 Å². The fourth-order valence-electron chi connectivity index (χ4n) is 2.21. The largest absolute Gasteiger partial charge is 0.497 e. The van der Waals surface area contributed by atoms with E-state index in [9.17, 15) is 4.79 Å². The predicted octanol–water partition coefficient (Wildman–Crippen LogP) is 4.21. The number of methoxy groups -OCH3 is 2. The van der Waals surface area contributed by atoms with Crippen molar-refractivity contribution in [3.05, 3.63) is 40.6 Å². The second-order valence-electron chi connectivity index (χ2n) is 5.00. The van der Waals surface area contributed by atoms with Crippen LogP contribution in [0.1, 0.15) is 18.2 Å². The van der Waals surface area contributed by atoms with E-state index in [0.717, 1.165) is 11.3 Å². The Kier molecular flexibility index (Phi) is 6.29. The van der Waals surface area contributed by atoms with Crippen molar-refractivity contribution < 1.29 is 14.3 Å². The van der Waals surface area contributed by atoms with Gasteiger partial charge in [0.15, 0.2) is 0 Å². The Bertz CT molecular complexity index is 629. The van der Waals surface area contributed by atoms with Crippen molar-refractivity contribution in [3.63, 3.8) is 0 Å². The lowest BCUT2D eigenvalue weighted by Gasteiger charge is -2.22. The number of hydrogen-bond acceptors (Lipinski definition) is 4. The number of nitrogens with zero attached hydrogens (tertiary/aromatic N) is 1. The molecule has 0 atom stereocenters. The standard InChI is InChI=1S/C17H22N2O3S/c1-4-9-19(12-14-6-5-10-23-14)17(20)18-15-8-7-13(21-2)11-16(15)22-3/h5-8,10-11H,4,9,12H2,1-3H3,(H,18,20). The van der Waals surface area contributed by atoms with Crippen LogP contribution in [0.5, 0.6) is 11.5 Å². The minimum absolute atomic E-state index is 0.135. The third-order valence-corrected chi connectivity index (χ3v) is 4.22. The van der Waals surface area contributed by atoms with E-state index in [2.05, 4.69) is 12.2 Å². The number of anilines is 1. The van der Waals surface area contributed by atoms with Gasteiger partial charge in [-0.05, 0) is 30.0 Å². The maximum absolute atomic E-state index is 12.6. The fraction of sp³-hybridized carbons (Fsp3) is 0.353. The van der Waals surface area contributed by atoms with Gasteiger partial charge in [-0.25, -0.2) is 4.79 Å². The monoisotopic (exact) mass is 334 g/mol. The van der Waals surface area contributed by atoms with E-state index >= 15 is 0 Å². The van der Waals surface area contributed by atoms with Crippen molar-refractivity contribution in [2.75, 3.05) is 26.1 Å². The van der Waals surface area contributed by atoms with Crippen LogP contribution in [-0.4, -0.2) is 31.7 Å². The number of nitrogens with one attached hydrogen (secondary N) is 1. The summed E-state index contributed by atoms with van der Waals surface area (Å²) < 4.78 is 10.5. The lowest BCUT2D eigenvalue weighted by atomic mass is 10.2. The normalized spacial score (nSPS) is 10.2. The van der Waals surface area contributed by atoms with Crippen LogP contribution < -0.4 is 14.8 Å². The van der Waals surface area contributed by atoms with E-state index in [4.69, 9.17) is 9.47 Å². The summed E-state index contributed by atoms with van der Waals surface area (Å²) in [6, 6.07) is 9.22. The van der Waals surface area contributed by atoms with Gasteiger partial charge in [0.25, 0.3) is 0 Å². The van der Waals surface area contributed by atoms with E-state index < -0.39 is 0 Å². The number of benzene rings is 1. The molecule has 0 aliphatic carbocycles. The van der Waals surface area contributed by atoms with Gasteiger partial charge in [0.2, 0.25) is 0 Å². The van der Waals surface area contributed by atoms with Crippen LogP contribution in [0.4, 0.5) is 10.5 Å². The average molecular weight is 334 g/mol. The fourth-order valence-corrected chi connectivity index (χ4v) is 2.93. The highest BCUT2D eigenvalue weighted by molar-refractivity contribution is 7.09. The lowest BCUT2D eigenvalue weighted by molar-refractivity contribution is 0.209. The van der Waals surface area contributed by atoms with Gasteiger partial charge < -0.3 is 19.7 Å². The van der Waals surface area contributed by atoms with E-state index in [-0.39, 0.29) is 6.03 Å². The third kappa shape index (κ3) is 4.63. The molecule has 0 saturated heterocycles. The Morgan fingerprint density at radius 1 is 1.26 bits per heavy atom. The van der Waals surface area contributed by atoms with Crippen molar-refractivity contribution in [1.82, 2.24) is 4.90 Å². The van der Waals surface area contributed by atoms with Gasteiger partial charge in [0.1, 0.15) is 11.5 Å². The van der Waals surface area contributed by atoms with Crippen LogP contribution in [0.2, 0.25) is 0 Å². The van der Waals surface area contributed by atoms with Gasteiger partial charge in [-0.2, -0.15) is 0 Å². The molecule has 2 rings (SSSR count). The summed E-state index contributed by atoms with van der Waals surface area (Å²) in [7, 11) is 3.16. The van der Waals surface area contributed by atoms with Gasteiger partial charge in [-0.15, -0.1) is 11.3 Å². The first-order chi connectivity index (χ1) is 11.2. The summed E-state index contributed by atoms with van der Waals surface area (Å²) in [6.45, 7) is 3.36. The molecule has 0 spiro atoms. The summed E-state index contributed by atoms with van der Waals surface area (Å²) in [4.78, 5) is 15.5. The van der Waals surface area contributed by atoms with Crippen LogP contribution in [0.15, 0.2) is 35.7 Å². The van der Waals surface area contributed by atoms with Crippen LogP contribution in [0.3, 0.4) is 0 Å². The summed E-state index contributed by atoms with van der Waals surface area (Å²) in [5.74, 6) is 1.26. The second kappa shape index (κ2) is 8.43. The van der Waals surface area contributed by atoms with Crippen LogP contribution in [0.25, 0.3) is 0 Å². The van der Waals surface area contributed by atoms with Gasteiger partial charge in [0.05, 0.1) is 26.5 Å². The number of ether oxygens (including phenoxy) is 2. The Labute approximate surface area is 140 Å². The molecule has 6 heteroatoms. The van der Waals surface area contributed by atoms with Crippen molar-refractivity contribution in [1.29, 1.82) is 0 Å². The summed E-state index contributed by atoms with van der Waals surface area (Å²) >= 11 is 1.65. The molecular formula is C17H22N2O3S. The molecule has 2 aromatic rings. The molecule has 0 fully saturated rings. The molecule has 2 amide bonds. The number of amides is 2. The summed E-state index contributed by atoms with van der Waals surface area (Å²) in [6.07, 6.45) is 0.901. The molecule has 0 saturated carbocycles. The molecule has 0 radical (unpaired) electrons. The minimum atomic E-state index is -0.135. The molecule has 1 aromatic carbocycles. The lowest BCUT2D eigenvalue weighted by Crippen LogP contribution is -2.34. The Hall–Kier alpha value is -2.21. The molecule has 1 aromatic heterocycles. The highest BCUT2D eigenvalue weighted by Crippen LogP contribution is 2.29. The van der Waals surface area contributed by atoms with Crippen LogP contribution in [-0.2, 0) is 6.54 Å². The Morgan fingerprint density at radius 3 is 2.70 bits per heavy atom. The molecule has 0 aliphatic rings. The smallest absolute Gasteiger partial charge is 0.322 e. The minimum Gasteiger partial charge on any atom is -0.497 e. The zero-order chi connectivity index (χ0) is 16.7. The van der Waals surface area contributed by atoms with Crippen LogP contribution >= 0.6 is 11.3 Å². The molecule has 5 nitrogen and oxygen atoms in total.